The molecule has 0 aliphatic carbocycles. The zero-order chi connectivity index (χ0) is 14.4. The number of benzene rings is 2. The molecule has 0 saturated carbocycles. The second-order valence-electron chi connectivity index (χ2n) is 4.09. The van der Waals surface area contributed by atoms with Crippen molar-refractivity contribution in [1.82, 2.24) is 0 Å². The lowest BCUT2D eigenvalue weighted by molar-refractivity contribution is -0.142. The molecule has 2 aromatic rings. The minimum absolute atomic E-state index is 0.306. The topological polar surface area (TPSA) is 26.3 Å². The van der Waals surface area contributed by atoms with E-state index >= 15 is 0 Å². The minimum atomic E-state index is -0.562. The smallest absolute Gasteiger partial charge is 0.323 e. The maximum absolute atomic E-state index is 13.7. The molecule has 0 aliphatic rings. The van der Waals surface area contributed by atoms with Crippen molar-refractivity contribution in [3.63, 3.8) is 0 Å². The molecule has 0 aliphatic heterocycles. The van der Waals surface area contributed by atoms with Crippen LogP contribution in [-0.2, 0) is 9.53 Å². The second kappa shape index (κ2) is 7.10. The summed E-state index contributed by atoms with van der Waals surface area (Å²) in [5, 5.41) is -0.562. The van der Waals surface area contributed by atoms with Crippen LogP contribution in [0.5, 0.6) is 0 Å². The molecule has 20 heavy (non-hydrogen) atoms. The van der Waals surface area contributed by atoms with Crippen molar-refractivity contribution in [3.05, 3.63) is 66.0 Å². The molecule has 0 heterocycles. The number of halogens is 1. The molecule has 1 atom stereocenters. The highest BCUT2D eigenvalue weighted by Crippen LogP contribution is 2.37. The Bertz CT molecular complexity index is 572. The standard InChI is InChI=1S/C16H15FO2S/c1-2-19-16(18)15(12-8-4-3-5-9-12)20-14-11-7-6-10-13(14)17/h3-11,15H,2H2,1H3. The molecule has 2 nitrogen and oxygen atoms in total. The number of esters is 1. The fourth-order valence-corrected chi connectivity index (χ4v) is 2.81. The molecular weight excluding hydrogens is 275 g/mol. The number of carbonyl (C=O) groups excluding carboxylic acids is 1. The van der Waals surface area contributed by atoms with E-state index in [1.807, 2.05) is 30.3 Å². The van der Waals surface area contributed by atoms with E-state index < -0.39 is 5.25 Å². The highest BCUT2D eigenvalue weighted by atomic mass is 32.2. The Balaban J connectivity index is 2.28. The van der Waals surface area contributed by atoms with E-state index in [-0.39, 0.29) is 11.8 Å². The summed E-state index contributed by atoms with van der Waals surface area (Å²) in [5.74, 6) is -0.685. The quantitative estimate of drug-likeness (QED) is 0.609. The number of carbonyl (C=O) groups is 1. The van der Waals surface area contributed by atoms with Gasteiger partial charge in [-0.3, -0.25) is 4.79 Å². The fourth-order valence-electron chi connectivity index (χ4n) is 1.77. The van der Waals surface area contributed by atoms with Crippen LogP contribution in [0.15, 0.2) is 59.5 Å². The maximum Gasteiger partial charge on any atom is 0.323 e. The Labute approximate surface area is 122 Å². The van der Waals surface area contributed by atoms with Gasteiger partial charge in [-0.2, -0.15) is 0 Å². The van der Waals surface area contributed by atoms with Crippen molar-refractivity contribution in [2.45, 2.75) is 17.1 Å². The van der Waals surface area contributed by atoms with E-state index in [1.54, 1.807) is 25.1 Å². The molecule has 0 spiro atoms. The third-order valence-corrected chi connectivity index (χ3v) is 3.97. The monoisotopic (exact) mass is 290 g/mol. The Morgan fingerprint density at radius 1 is 1.15 bits per heavy atom. The van der Waals surface area contributed by atoms with Gasteiger partial charge in [0.25, 0.3) is 0 Å². The van der Waals surface area contributed by atoms with Crippen LogP contribution >= 0.6 is 11.8 Å². The SMILES string of the molecule is CCOC(=O)C(Sc1ccccc1F)c1ccccc1. The van der Waals surface area contributed by atoms with Gasteiger partial charge < -0.3 is 4.74 Å². The van der Waals surface area contributed by atoms with Gasteiger partial charge in [-0.25, -0.2) is 4.39 Å². The van der Waals surface area contributed by atoms with Crippen molar-refractivity contribution in [3.8, 4) is 0 Å². The molecule has 2 rings (SSSR count). The Hall–Kier alpha value is -1.81. The average Bonchev–Trinajstić information content (AvgIpc) is 2.47. The Morgan fingerprint density at radius 3 is 2.45 bits per heavy atom. The molecule has 104 valence electrons. The number of ether oxygens (including phenoxy) is 1. The number of thioether (sulfide) groups is 1. The van der Waals surface area contributed by atoms with Crippen molar-refractivity contribution >= 4 is 17.7 Å². The molecule has 2 aromatic carbocycles. The van der Waals surface area contributed by atoms with E-state index in [0.29, 0.717) is 11.5 Å². The molecule has 0 amide bonds. The molecule has 0 bridgehead atoms. The van der Waals surface area contributed by atoms with Crippen LogP contribution in [0.4, 0.5) is 4.39 Å². The average molecular weight is 290 g/mol. The van der Waals surface area contributed by atoms with Gasteiger partial charge in [0.1, 0.15) is 11.1 Å². The summed E-state index contributed by atoms with van der Waals surface area (Å²) in [6.45, 7) is 2.06. The van der Waals surface area contributed by atoms with Gasteiger partial charge in [0.05, 0.1) is 6.61 Å². The summed E-state index contributed by atoms with van der Waals surface area (Å²) < 4.78 is 18.8. The van der Waals surface area contributed by atoms with Crippen LogP contribution in [0.1, 0.15) is 17.7 Å². The highest BCUT2D eigenvalue weighted by molar-refractivity contribution is 8.00. The minimum Gasteiger partial charge on any atom is -0.465 e. The van der Waals surface area contributed by atoms with Crippen LogP contribution in [0, 0.1) is 5.82 Å². The van der Waals surface area contributed by atoms with Crippen LogP contribution in [0.2, 0.25) is 0 Å². The van der Waals surface area contributed by atoms with Crippen molar-refractivity contribution < 1.29 is 13.9 Å². The molecule has 1 unspecified atom stereocenters. The summed E-state index contributed by atoms with van der Waals surface area (Å²) in [4.78, 5) is 12.5. The van der Waals surface area contributed by atoms with Crippen molar-refractivity contribution in [2.24, 2.45) is 0 Å². The van der Waals surface area contributed by atoms with Gasteiger partial charge in [0.2, 0.25) is 0 Å². The van der Waals surface area contributed by atoms with E-state index in [9.17, 15) is 9.18 Å². The number of hydrogen-bond acceptors (Lipinski definition) is 3. The van der Waals surface area contributed by atoms with Gasteiger partial charge in [-0.15, -0.1) is 11.8 Å². The summed E-state index contributed by atoms with van der Waals surface area (Å²) in [6.07, 6.45) is 0. The van der Waals surface area contributed by atoms with Crippen molar-refractivity contribution in [1.29, 1.82) is 0 Å². The van der Waals surface area contributed by atoms with Crippen molar-refractivity contribution in [2.75, 3.05) is 6.61 Å². The Morgan fingerprint density at radius 2 is 1.80 bits per heavy atom. The molecule has 0 fully saturated rings. The lowest BCUT2D eigenvalue weighted by Gasteiger charge is -2.15. The Kier molecular flexibility index (Phi) is 5.18. The zero-order valence-corrected chi connectivity index (χ0v) is 11.9. The van der Waals surface area contributed by atoms with E-state index in [2.05, 4.69) is 0 Å². The predicted molar refractivity (Wildman–Crippen MR) is 78.1 cm³/mol. The molecule has 0 radical (unpaired) electrons. The maximum atomic E-state index is 13.7. The summed E-state index contributed by atoms with van der Waals surface area (Å²) in [5.41, 5.74) is 0.805. The largest absolute Gasteiger partial charge is 0.465 e. The highest BCUT2D eigenvalue weighted by Gasteiger charge is 2.24. The van der Waals surface area contributed by atoms with Gasteiger partial charge in [-0.05, 0) is 24.6 Å². The first kappa shape index (κ1) is 14.6. The second-order valence-corrected chi connectivity index (χ2v) is 5.24. The van der Waals surface area contributed by atoms with Gasteiger partial charge in [0.15, 0.2) is 0 Å². The molecule has 0 saturated heterocycles. The summed E-state index contributed by atoms with van der Waals surface area (Å²) >= 11 is 1.17. The van der Waals surface area contributed by atoms with E-state index in [4.69, 9.17) is 4.74 Å². The lowest BCUT2D eigenvalue weighted by atomic mass is 10.1. The molecular formula is C16H15FO2S. The number of hydrogen-bond donors (Lipinski definition) is 0. The lowest BCUT2D eigenvalue weighted by Crippen LogP contribution is -2.13. The van der Waals surface area contributed by atoms with Gasteiger partial charge in [0, 0.05) is 4.90 Å². The normalized spacial score (nSPS) is 11.9. The first-order valence-electron chi connectivity index (χ1n) is 6.35. The third kappa shape index (κ3) is 3.61. The predicted octanol–water partition coefficient (Wildman–Crippen LogP) is 4.22. The third-order valence-electron chi connectivity index (χ3n) is 2.68. The first-order chi connectivity index (χ1) is 9.72. The zero-order valence-electron chi connectivity index (χ0n) is 11.1. The van der Waals surface area contributed by atoms with Gasteiger partial charge >= 0.3 is 5.97 Å². The summed E-state index contributed by atoms with van der Waals surface area (Å²) in [6, 6.07) is 15.7. The van der Waals surface area contributed by atoms with Gasteiger partial charge in [-0.1, -0.05) is 42.5 Å². The fraction of sp³-hybridized carbons (Fsp3) is 0.188. The number of rotatable bonds is 5. The van der Waals surface area contributed by atoms with E-state index in [0.717, 1.165) is 5.56 Å². The van der Waals surface area contributed by atoms with E-state index in [1.165, 1.54) is 17.8 Å². The van der Waals surface area contributed by atoms with Crippen LogP contribution < -0.4 is 0 Å². The molecule has 0 N–H and O–H groups in total. The van der Waals surface area contributed by atoms with Crippen LogP contribution in [0.25, 0.3) is 0 Å². The molecule has 0 aromatic heterocycles. The van der Waals surface area contributed by atoms with Crippen LogP contribution in [-0.4, -0.2) is 12.6 Å². The molecule has 4 heteroatoms. The summed E-state index contributed by atoms with van der Waals surface area (Å²) in [7, 11) is 0. The van der Waals surface area contributed by atoms with Crippen LogP contribution in [0.3, 0.4) is 0 Å². The first-order valence-corrected chi connectivity index (χ1v) is 7.23.